The lowest BCUT2D eigenvalue weighted by Crippen LogP contribution is -2.08. The van der Waals surface area contributed by atoms with Crippen LogP contribution in [0.15, 0.2) is 72.8 Å². The van der Waals surface area contributed by atoms with Crippen molar-refractivity contribution in [2.75, 3.05) is 7.11 Å². The molecule has 0 saturated heterocycles. The fraction of sp³-hybridized carbons (Fsp3) is 0.258. The van der Waals surface area contributed by atoms with Gasteiger partial charge >= 0.3 is 0 Å². The van der Waals surface area contributed by atoms with Gasteiger partial charge in [-0.1, -0.05) is 56.3 Å². The van der Waals surface area contributed by atoms with E-state index < -0.39 is 0 Å². The van der Waals surface area contributed by atoms with Crippen molar-refractivity contribution in [2.24, 2.45) is 0 Å². The summed E-state index contributed by atoms with van der Waals surface area (Å²) in [6, 6.07) is 23.9. The average molecular weight is 468 g/mol. The molecule has 4 aromatic rings. The molecule has 0 aliphatic rings. The molecule has 0 atom stereocenters. The summed E-state index contributed by atoms with van der Waals surface area (Å²) in [4.78, 5) is 5.07. The number of para-hydroxylation sites is 1. The van der Waals surface area contributed by atoms with E-state index in [2.05, 4.69) is 39.0 Å². The molecule has 0 saturated carbocycles. The van der Waals surface area contributed by atoms with Crippen molar-refractivity contribution in [1.29, 1.82) is 0 Å². The Balaban J connectivity index is 1.63. The Morgan fingerprint density at radius 1 is 0.743 bits per heavy atom. The molecule has 4 heteroatoms. The molecule has 0 bridgehead atoms. The molecule has 0 aliphatic heterocycles. The molecule has 0 spiro atoms. The summed E-state index contributed by atoms with van der Waals surface area (Å²) in [5.41, 5.74) is 7.74. The highest BCUT2D eigenvalue weighted by Crippen LogP contribution is 2.37. The number of nitrogens with zero attached hydrogens (tertiary/aromatic N) is 1. The minimum Gasteiger partial charge on any atom is -0.496 e. The first-order chi connectivity index (χ1) is 17.0. The van der Waals surface area contributed by atoms with Crippen molar-refractivity contribution >= 4 is 0 Å². The van der Waals surface area contributed by atoms with Crippen LogP contribution in [0.3, 0.4) is 0 Å². The smallest absolute Gasteiger partial charge is 0.132 e. The minimum atomic E-state index is 0.355. The molecule has 1 heterocycles. The highest BCUT2D eigenvalue weighted by atomic mass is 16.5. The molecule has 35 heavy (non-hydrogen) atoms. The maximum Gasteiger partial charge on any atom is 0.132 e. The SMILES string of the molecule is CCc1cccc(CC)c1-c1nc(C)c(COc2cccc(Oc3ccccc3)c2)c(OC)c1C. The minimum absolute atomic E-state index is 0.355. The summed E-state index contributed by atoms with van der Waals surface area (Å²) in [6.07, 6.45) is 1.91. The predicted molar refractivity (Wildman–Crippen MR) is 142 cm³/mol. The summed E-state index contributed by atoms with van der Waals surface area (Å²) in [7, 11) is 1.72. The first-order valence-corrected chi connectivity index (χ1v) is 12.2. The van der Waals surface area contributed by atoms with E-state index in [0.29, 0.717) is 6.61 Å². The fourth-order valence-corrected chi connectivity index (χ4v) is 4.46. The lowest BCUT2D eigenvalue weighted by atomic mass is 9.91. The van der Waals surface area contributed by atoms with Gasteiger partial charge in [0.25, 0.3) is 0 Å². The number of ether oxygens (including phenoxy) is 3. The molecule has 0 radical (unpaired) electrons. The third-order valence-corrected chi connectivity index (χ3v) is 6.29. The second-order valence-corrected chi connectivity index (χ2v) is 8.52. The molecule has 0 aliphatic carbocycles. The van der Waals surface area contributed by atoms with Gasteiger partial charge in [0.1, 0.15) is 29.6 Å². The number of rotatable bonds is 9. The van der Waals surface area contributed by atoms with Crippen molar-refractivity contribution in [3.8, 4) is 34.3 Å². The van der Waals surface area contributed by atoms with Gasteiger partial charge in [-0.05, 0) is 62.1 Å². The van der Waals surface area contributed by atoms with Crippen LogP contribution < -0.4 is 14.2 Å². The van der Waals surface area contributed by atoms with Gasteiger partial charge in [-0.25, -0.2) is 0 Å². The maximum atomic E-state index is 6.18. The van der Waals surface area contributed by atoms with Crippen LogP contribution in [0.2, 0.25) is 0 Å². The summed E-state index contributed by atoms with van der Waals surface area (Å²) in [5, 5.41) is 0. The summed E-state index contributed by atoms with van der Waals surface area (Å²) >= 11 is 0. The number of pyridine rings is 1. The Labute approximate surface area is 208 Å². The Morgan fingerprint density at radius 3 is 2.03 bits per heavy atom. The molecule has 0 N–H and O–H groups in total. The number of methoxy groups -OCH3 is 1. The lowest BCUT2D eigenvalue weighted by Gasteiger charge is -2.20. The average Bonchev–Trinajstić information content (AvgIpc) is 2.89. The Kier molecular flexibility index (Phi) is 7.71. The van der Waals surface area contributed by atoms with Gasteiger partial charge in [0.05, 0.1) is 18.4 Å². The van der Waals surface area contributed by atoms with Crippen molar-refractivity contribution in [1.82, 2.24) is 4.98 Å². The number of hydrogen-bond donors (Lipinski definition) is 0. The van der Waals surface area contributed by atoms with Gasteiger partial charge in [-0.2, -0.15) is 0 Å². The molecular formula is C31H33NO3. The second-order valence-electron chi connectivity index (χ2n) is 8.52. The van der Waals surface area contributed by atoms with E-state index in [1.54, 1.807) is 7.11 Å². The van der Waals surface area contributed by atoms with Crippen LogP contribution in [-0.2, 0) is 19.4 Å². The van der Waals surface area contributed by atoms with Crippen molar-refractivity contribution in [3.05, 3.63) is 101 Å². The van der Waals surface area contributed by atoms with Crippen molar-refractivity contribution < 1.29 is 14.2 Å². The van der Waals surface area contributed by atoms with Crippen LogP contribution in [0, 0.1) is 13.8 Å². The highest BCUT2D eigenvalue weighted by molar-refractivity contribution is 5.73. The number of aryl methyl sites for hydroxylation is 3. The largest absolute Gasteiger partial charge is 0.496 e. The van der Waals surface area contributed by atoms with Crippen LogP contribution in [-0.4, -0.2) is 12.1 Å². The molecule has 3 aromatic carbocycles. The zero-order chi connectivity index (χ0) is 24.8. The molecule has 0 amide bonds. The summed E-state index contributed by atoms with van der Waals surface area (Å²) in [5.74, 6) is 3.07. The molecule has 180 valence electrons. The highest BCUT2D eigenvalue weighted by Gasteiger charge is 2.20. The third-order valence-electron chi connectivity index (χ3n) is 6.29. The Morgan fingerprint density at radius 2 is 1.37 bits per heavy atom. The molecule has 4 rings (SSSR count). The van der Waals surface area contributed by atoms with E-state index >= 15 is 0 Å². The zero-order valence-electron chi connectivity index (χ0n) is 21.2. The monoisotopic (exact) mass is 467 g/mol. The second kappa shape index (κ2) is 11.1. The van der Waals surface area contributed by atoms with Gasteiger partial charge in [-0.15, -0.1) is 0 Å². The Bertz CT molecular complexity index is 1280. The zero-order valence-corrected chi connectivity index (χ0v) is 21.2. The first kappa shape index (κ1) is 24.3. The van der Waals surface area contributed by atoms with Gasteiger partial charge < -0.3 is 14.2 Å². The molecule has 0 fully saturated rings. The van der Waals surface area contributed by atoms with Crippen molar-refractivity contribution in [3.63, 3.8) is 0 Å². The van der Waals surface area contributed by atoms with Crippen molar-refractivity contribution in [2.45, 2.75) is 47.1 Å². The number of benzene rings is 3. The standard InChI is InChI=1S/C31H33NO3/c1-6-23-13-11-14-24(7-2)29(23)30-21(3)31(33-5)28(22(4)32-30)20-34-26-17-12-18-27(19-26)35-25-15-9-8-10-16-25/h8-19H,6-7,20H2,1-5H3. The topological polar surface area (TPSA) is 40.6 Å². The van der Waals surface area contributed by atoms with Gasteiger partial charge in [0, 0.05) is 22.9 Å². The van der Waals surface area contributed by atoms with E-state index in [9.17, 15) is 0 Å². The van der Waals surface area contributed by atoms with Gasteiger partial charge in [0.15, 0.2) is 0 Å². The van der Waals surface area contributed by atoms with E-state index in [1.165, 1.54) is 16.7 Å². The molecule has 0 unspecified atom stereocenters. The molecule has 4 nitrogen and oxygen atoms in total. The molecule has 1 aromatic heterocycles. The summed E-state index contributed by atoms with van der Waals surface area (Å²) in [6.45, 7) is 8.85. The Hall–Kier alpha value is -3.79. The van der Waals surface area contributed by atoms with Crippen LogP contribution in [0.4, 0.5) is 0 Å². The van der Waals surface area contributed by atoms with Gasteiger partial charge in [-0.3, -0.25) is 4.98 Å². The maximum absolute atomic E-state index is 6.18. The van der Waals surface area contributed by atoms with Gasteiger partial charge in [0.2, 0.25) is 0 Å². The lowest BCUT2D eigenvalue weighted by molar-refractivity contribution is 0.293. The third kappa shape index (κ3) is 5.32. The van der Waals surface area contributed by atoms with Crippen LogP contribution in [0.1, 0.15) is 41.8 Å². The van der Waals surface area contributed by atoms with E-state index in [-0.39, 0.29) is 0 Å². The molecular weight excluding hydrogens is 434 g/mol. The normalized spacial score (nSPS) is 10.8. The fourth-order valence-electron chi connectivity index (χ4n) is 4.46. The van der Waals surface area contributed by atoms with Crippen LogP contribution in [0.5, 0.6) is 23.0 Å². The number of hydrogen-bond acceptors (Lipinski definition) is 4. The predicted octanol–water partition coefficient (Wildman–Crippen LogP) is 7.87. The first-order valence-electron chi connectivity index (χ1n) is 12.2. The van der Waals surface area contributed by atoms with Crippen LogP contribution in [0.25, 0.3) is 11.3 Å². The van der Waals surface area contributed by atoms with Crippen LogP contribution >= 0.6 is 0 Å². The van der Waals surface area contributed by atoms with E-state index in [1.807, 2.05) is 61.5 Å². The number of aromatic nitrogens is 1. The summed E-state index contributed by atoms with van der Waals surface area (Å²) < 4.78 is 18.0. The quantitative estimate of drug-likeness (QED) is 0.251. The van der Waals surface area contributed by atoms with E-state index in [0.717, 1.165) is 58.4 Å². The van der Waals surface area contributed by atoms with E-state index in [4.69, 9.17) is 19.2 Å².